The molecule has 0 saturated heterocycles. The molecule has 0 aliphatic heterocycles. The van der Waals surface area contributed by atoms with E-state index >= 15 is 0 Å². The average Bonchev–Trinajstić information content (AvgIpc) is 3.65. The topological polar surface area (TPSA) is 33.9 Å². The standard InChI is InChI=1S/C36H22N2O/c1-4-10-31-25(7-1)29-19-22(13-17-32(29)37-31)23-14-18-34-30(20-23)26-8-2-5-11-33(26)38(34)24-15-16-28-27-9-3-6-12-35(27)39-36(28)21-24/h1-21,37H. The molecule has 0 spiro atoms. The number of H-pyrrole nitrogens is 1. The summed E-state index contributed by atoms with van der Waals surface area (Å²) in [5.74, 6) is 0. The maximum atomic E-state index is 6.24. The number of nitrogens with one attached hydrogen (secondary N) is 1. The van der Waals surface area contributed by atoms with Crippen molar-refractivity contribution in [2.45, 2.75) is 0 Å². The van der Waals surface area contributed by atoms with E-state index in [0.29, 0.717) is 0 Å². The highest BCUT2D eigenvalue weighted by Crippen LogP contribution is 2.38. The van der Waals surface area contributed by atoms with Crippen LogP contribution in [0.1, 0.15) is 0 Å². The van der Waals surface area contributed by atoms with Gasteiger partial charge in [-0.05, 0) is 65.7 Å². The summed E-state index contributed by atoms with van der Waals surface area (Å²) in [6.45, 7) is 0. The molecule has 3 nitrogen and oxygen atoms in total. The Morgan fingerprint density at radius 1 is 0.436 bits per heavy atom. The Bertz CT molecular complexity index is 2400. The van der Waals surface area contributed by atoms with Crippen molar-refractivity contribution in [2.24, 2.45) is 0 Å². The predicted octanol–water partition coefficient (Wildman–Crippen LogP) is 9.98. The molecule has 3 heterocycles. The first kappa shape index (κ1) is 20.7. The SMILES string of the molecule is c1ccc2c(c1)[nH]c1ccc(-c3ccc4c(c3)c3ccccc3n4-c3ccc4c(c3)oc3ccccc34)cc12. The summed E-state index contributed by atoms with van der Waals surface area (Å²) in [6.07, 6.45) is 0. The second kappa shape index (κ2) is 7.62. The molecule has 0 bridgehead atoms. The van der Waals surface area contributed by atoms with Gasteiger partial charge in [0, 0.05) is 55.1 Å². The number of aromatic amines is 1. The van der Waals surface area contributed by atoms with E-state index in [-0.39, 0.29) is 0 Å². The molecule has 182 valence electrons. The molecule has 6 aromatic carbocycles. The van der Waals surface area contributed by atoms with Crippen molar-refractivity contribution < 1.29 is 4.42 Å². The molecule has 0 radical (unpaired) electrons. The lowest BCUT2D eigenvalue weighted by Gasteiger charge is -2.08. The highest BCUT2D eigenvalue weighted by molar-refractivity contribution is 6.12. The van der Waals surface area contributed by atoms with Gasteiger partial charge in [0.2, 0.25) is 0 Å². The molecule has 9 rings (SSSR count). The van der Waals surface area contributed by atoms with E-state index in [0.717, 1.165) is 27.6 Å². The third kappa shape index (κ3) is 2.93. The van der Waals surface area contributed by atoms with Gasteiger partial charge in [0.25, 0.3) is 0 Å². The molecule has 0 unspecified atom stereocenters. The van der Waals surface area contributed by atoms with E-state index in [1.165, 1.54) is 54.7 Å². The van der Waals surface area contributed by atoms with Crippen LogP contribution in [-0.2, 0) is 0 Å². The maximum Gasteiger partial charge on any atom is 0.137 e. The summed E-state index contributed by atoms with van der Waals surface area (Å²) < 4.78 is 8.59. The molecule has 0 atom stereocenters. The van der Waals surface area contributed by atoms with Gasteiger partial charge in [-0.25, -0.2) is 0 Å². The minimum atomic E-state index is 0.906. The van der Waals surface area contributed by atoms with Crippen LogP contribution in [-0.4, -0.2) is 9.55 Å². The molecule has 3 aromatic heterocycles. The van der Waals surface area contributed by atoms with Crippen molar-refractivity contribution in [1.82, 2.24) is 9.55 Å². The first-order valence-electron chi connectivity index (χ1n) is 13.3. The fourth-order valence-corrected chi connectivity index (χ4v) is 6.31. The molecule has 3 heteroatoms. The summed E-state index contributed by atoms with van der Waals surface area (Å²) in [5, 5.41) is 7.29. The fourth-order valence-electron chi connectivity index (χ4n) is 6.31. The van der Waals surface area contributed by atoms with Gasteiger partial charge in [-0.1, -0.05) is 66.7 Å². The number of furan rings is 1. The normalized spacial score (nSPS) is 12.1. The van der Waals surface area contributed by atoms with Gasteiger partial charge in [-0.2, -0.15) is 0 Å². The first-order chi connectivity index (χ1) is 19.3. The average molecular weight is 499 g/mol. The van der Waals surface area contributed by atoms with Crippen molar-refractivity contribution >= 4 is 65.6 Å². The number of rotatable bonds is 2. The van der Waals surface area contributed by atoms with Crippen LogP contribution in [0, 0.1) is 0 Å². The molecule has 0 amide bonds. The van der Waals surface area contributed by atoms with Crippen molar-refractivity contribution in [3.63, 3.8) is 0 Å². The Morgan fingerprint density at radius 2 is 1.10 bits per heavy atom. The lowest BCUT2D eigenvalue weighted by molar-refractivity contribution is 0.668. The Morgan fingerprint density at radius 3 is 2.03 bits per heavy atom. The number of para-hydroxylation sites is 3. The molecular formula is C36H22N2O. The van der Waals surface area contributed by atoms with Crippen LogP contribution in [0.5, 0.6) is 0 Å². The first-order valence-corrected chi connectivity index (χ1v) is 13.3. The molecule has 0 aliphatic carbocycles. The van der Waals surface area contributed by atoms with Gasteiger partial charge in [0.15, 0.2) is 0 Å². The Hall–Kier alpha value is -5.28. The smallest absolute Gasteiger partial charge is 0.137 e. The minimum absolute atomic E-state index is 0.906. The van der Waals surface area contributed by atoms with Crippen LogP contribution in [0.25, 0.3) is 82.4 Å². The maximum absolute atomic E-state index is 6.24. The zero-order valence-electron chi connectivity index (χ0n) is 21.0. The van der Waals surface area contributed by atoms with Crippen molar-refractivity contribution in [2.75, 3.05) is 0 Å². The summed E-state index contributed by atoms with van der Waals surface area (Å²) in [7, 11) is 0. The lowest BCUT2D eigenvalue weighted by Crippen LogP contribution is -1.93. The number of nitrogens with zero attached hydrogens (tertiary/aromatic N) is 1. The molecule has 0 fully saturated rings. The van der Waals surface area contributed by atoms with E-state index in [2.05, 4.69) is 125 Å². The van der Waals surface area contributed by atoms with Gasteiger partial charge >= 0.3 is 0 Å². The lowest BCUT2D eigenvalue weighted by atomic mass is 10.0. The summed E-state index contributed by atoms with van der Waals surface area (Å²) in [5.41, 5.74) is 10.1. The zero-order valence-corrected chi connectivity index (χ0v) is 21.0. The van der Waals surface area contributed by atoms with Gasteiger partial charge in [0.05, 0.1) is 11.0 Å². The molecule has 0 aliphatic rings. The molecular weight excluding hydrogens is 476 g/mol. The van der Waals surface area contributed by atoms with Crippen LogP contribution in [0.15, 0.2) is 132 Å². The van der Waals surface area contributed by atoms with E-state index in [1.54, 1.807) is 0 Å². The third-order valence-electron chi connectivity index (χ3n) is 8.13. The van der Waals surface area contributed by atoms with Gasteiger partial charge in [-0.3, -0.25) is 0 Å². The monoisotopic (exact) mass is 498 g/mol. The number of aromatic nitrogens is 2. The predicted molar refractivity (Wildman–Crippen MR) is 163 cm³/mol. The minimum Gasteiger partial charge on any atom is -0.456 e. The summed E-state index contributed by atoms with van der Waals surface area (Å²) in [6, 6.07) is 45.5. The summed E-state index contributed by atoms with van der Waals surface area (Å²) >= 11 is 0. The second-order valence-electron chi connectivity index (χ2n) is 10.3. The van der Waals surface area contributed by atoms with Gasteiger partial charge in [-0.15, -0.1) is 0 Å². The fraction of sp³-hybridized carbons (Fsp3) is 0. The van der Waals surface area contributed by atoms with Crippen LogP contribution in [0.3, 0.4) is 0 Å². The Kier molecular flexibility index (Phi) is 4.05. The Labute approximate surface area is 223 Å². The van der Waals surface area contributed by atoms with Crippen LogP contribution >= 0.6 is 0 Å². The van der Waals surface area contributed by atoms with Crippen molar-refractivity contribution in [3.8, 4) is 16.8 Å². The molecule has 39 heavy (non-hydrogen) atoms. The highest BCUT2D eigenvalue weighted by Gasteiger charge is 2.15. The second-order valence-corrected chi connectivity index (χ2v) is 10.3. The van der Waals surface area contributed by atoms with E-state index < -0.39 is 0 Å². The van der Waals surface area contributed by atoms with Crippen LogP contribution < -0.4 is 0 Å². The van der Waals surface area contributed by atoms with Crippen molar-refractivity contribution in [1.29, 1.82) is 0 Å². The summed E-state index contributed by atoms with van der Waals surface area (Å²) in [4.78, 5) is 3.54. The zero-order chi connectivity index (χ0) is 25.5. The molecule has 0 saturated carbocycles. The molecule has 1 N–H and O–H groups in total. The van der Waals surface area contributed by atoms with E-state index in [9.17, 15) is 0 Å². The van der Waals surface area contributed by atoms with E-state index in [1.807, 2.05) is 12.1 Å². The van der Waals surface area contributed by atoms with Crippen LogP contribution in [0.2, 0.25) is 0 Å². The van der Waals surface area contributed by atoms with Gasteiger partial charge < -0.3 is 14.0 Å². The highest BCUT2D eigenvalue weighted by atomic mass is 16.3. The Balaban J connectivity index is 1.26. The van der Waals surface area contributed by atoms with Crippen molar-refractivity contribution in [3.05, 3.63) is 127 Å². The number of benzene rings is 6. The number of hydrogen-bond donors (Lipinski definition) is 1. The quantitative estimate of drug-likeness (QED) is 0.253. The van der Waals surface area contributed by atoms with E-state index in [4.69, 9.17) is 4.42 Å². The third-order valence-corrected chi connectivity index (χ3v) is 8.13. The molecule has 9 aromatic rings. The van der Waals surface area contributed by atoms with Gasteiger partial charge in [0.1, 0.15) is 11.2 Å². The largest absolute Gasteiger partial charge is 0.456 e. The van der Waals surface area contributed by atoms with Crippen LogP contribution in [0.4, 0.5) is 0 Å². The number of hydrogen-bond acceptors (Lipinski definition) is 1. The number of fused-ring (bicyclic) bond motifs is 9.